The molecule has 1 aliphatic rings. The minimum absolute atomic E-state index is 0.0304. The third kappa shape index (κ3) is 6.94. The SMILES string of the molecule is O=C(Nc1ccn([C@@H]2S[C@H](CCOP(=O)(O)O)[C@@H](OC(=O)c3ccccc3)[C@@H]2F)c(=O)n1)c1ccccc1. The van der Waals surface area contributed by atoms with Gasteiger partial charge in [-0.1, -0.05) is 36.4 Å². The van der Waals surface area contributed by atoms with Gasteiger partial charge in [-0.05, 0) is 36.8 Å². The lowest BCUT2D eigenvalue weighted by Crippen LogP contribution is -2.36. The number of hydrogen-bond donors (Lipinski definition) is 3. The van der Waals surface area contributed by atoms with E-state index >= 15 is 4.39 Å². The molecule has 0 unspecified atom stereocenters. The molecule has 2 heterocycles. The van der Waals surface area contributed by atoms with Gasteiger partial charge in [-0.3, -0.25) is 13.9 Å². The average molecular weight is 564 g/mol. The summed E-state index contributed by atoms with van der Waals surface area (Å²) in [6, 6.07) is 17.6. The number of ether oxygens (including phenoxy) is 1. The van der Waals surface area contributed by atoms with E-state index in [1.165, 1.54) is 24.4 Å². The van der Waals surface area contributed by atoms with Crippen molar-refractivity contribution in [1.29, 1.82) is 0 Å². The van der Waals surface area contributed by atoms with Crippen molar-refractivity contribution in [3.8, 4) is 0 Å². The van der Waals surface area contributed by atoms with E-state index in [1.54, 1.807) is 48.5 Å². The molecule has 3 aromatic rings. The number of carbonyl (C=O) groups is 2. The molecule has 1 amide bonds. The third-order valence-electron chi connectivity index (χ3n) is 5.56. The van der Waals surface area contributed by atoms with Crippen molar-refractivity contribution >= 4 is 37.3 Å². The van der Waals surface area contributed by atoms with Crippen molar-refractivity contribution in [2.75, 3.05) is 11.9 Å². The summed E-state index contributed by atoms with van der Waals surface area (Å²) in [6.45, 7) is -0.432. The number of phosphoric acid groups is 1. The van der Waals surface area contributed by atoms with Gasteiger partial charge < -0.3 is 19.8 Å². The van der Waals surface area contributed by atoms with Gasteiger partial charge in [-0.15, -0.1) is 11.8 Å². The summed E-state index contributed by atoms with van der Waals surface area (Å²) in [4.78, 5) is 59.5. The number of hydrogen-bond acceptors (Lipinski definition) is 8. The molecule has 0 radical (unpaired) electrons. The van der Waals surface area contributed by atoms with Crippen LogP contribution in [-0.2, 0) is 13.8 Å². The number of phosphoric ester groups is 1. The Labute approximate surface area is 220 Å². The Morgan fingerprint density at radius 1 is 1.05 bits per heavy atom. The lowest BCUT2D eigenvalue weighted by Gasteiger charge is -2.21. The molecule has 200 valence electrons. The molecule has 2 aromatic carbocycles. The number of alkyl halides is 1. The maximum absolute atomic E-state index is 15.7. The number of rotatable bonds is 9. The van der Waals surface area contributed by atoms with Crippen LogP contribution in [0.15, 0.2) is 77.7 Å². The standard InChI is InChI=1S/C24H23FN3O8PS/c25-19-20(36-23(30)16-9-5-2-6-10-16)17(12-14-35-37(32,33)34)38-22(19)28-13-11-18(27-24(28)31)26-21(29)15-7-3-1-4-8-15/h1-11,13,17,19-20,22H,12,14H2,(H2,32,33,34)(H,26,27,29,31)/t17-,19+,20-,22-/m1/s1. The van der Waals surface area contributed by atoms with Crippen molar-refractivity contribution in [2.45, 2.75) is 29.3 Å². The molecule has 3 N–H and O–H groups in total. The summed E-state index contributed by atoms with van der Waals surface area (Å²) in [5.41, 5.74) is -0.302. The first-order valence-electron chi connectivity index (χ1n) is 11.3. The van der Waals surface area contributed by atoms with E-state index in [1.807, 2.05) is 0 Å². The topological polar surface area (TPSA) is 157 Å². The highest BCUT2D eigenvalue weighted by atomic mass is 32.2. The molecule has 0 saturated carbocycles. The molecule has 1 aliphatic heterocycles. The van der Waals surface area contributed by atoms with Crippen LogP contribution >= 0.6 is 19.6 Å². The number of anilines is 1. The number of nitrogens with zero attached hydrogens (tertiary/aromatic N) is 2. The fraction of sp³-hybridized carbons (Fsp3) is 0.250. The summed E-state index contributed by atoms with van der Waals surface area (Å²) >= 11 is 0.949. The second-order valence-corrected chi connectivity index (χ2v) is 10.8. The Hall–Kier alpha value is -3.35. The fourth-order valence-corrected chi connectivity index (χ4v) is 5.69. The van der Waals surface area contributed by atoms with E-state index in [9.17, 15) is 18.9 Å². The Morgan fingerprint density at radius 2 is 1.68 bits per heavy atom. The second-order valence-electron chi connectivity index (χ2n) is 8.18. The van der Waals surface area contributed by atoms with Crippen LogP contribution in [0.4, 0.5) is 10.2 Å². The van der Waals surface area contributed by atoms with Gasteiger partial charge in [0.25, 0.3) is 5.91 Å². The molecule has 1 saturated heterocycles. The summed E-state index contributed by atoms with van der Waals surface area (Å²) in [6.07, 6.45) is -2.02. The first-order valence-corrected chi connectivity index (χ1v) is 13.8. The van der Waals surface area contributed by atoms with E-state index in [0.717, 1.165) is 16.3 Å². The number of thioether (sulfide) groups is 1. The zero-order chi connectivity index (χ0) is 27.3. The monoisotopic (exact) mass is 563 g/mol. The number of amides is 1. The fourth-order valence-electron chi connectivity index (χ4n) is 3.80. The molecule has 14 heteroatoms. The van der Waals surface area contributed by atoms with Crippen LogP contribution in [-0.4, -0.2) is 55.3 Å². The molecule has 4 atom stereocenters. The van der Waals surface area contributed by atoms with Crippen molar-refractivity contribution in [1.82, 2.24) is 9.55 Å². The summed E-state index contributed by atoms with van der Waals surface area (Å²) in [7, 11) is -4.76. The second kappa shape index (κ2) is 12.0. The molecule has 11 nitrogen and oxygen atoms in total. The quantitative estimate of drug-likeness (QED) is 0.261. The van der Waals surface area contributed by atoms with Gasteiger partial charge in [-0.25, -0.2) is 18.5 Å². The van der Waals surface area contributed by atoms with Crippen LogP contribution < -0.4 is 11.0 Å². The lowest BCUT2D eigenvalue weighted by atomic mass is 10.1. The highest BCUT2D eigenvalue weighted by molar-refractivity contribution is 8.00. The zero-order valence-electron chi connectivity index (χ0n) is 19.6. The van der Waals surface area contributed by atoms with Crippen molar-refractivity contribution in [3.05, 3.63) is 94.5 Å². The van der Waals surface area contributed by atoms with E-state index in [-0.39, 0.29) is 17.8 Å². The summed E-state index contributed by atoms with van der Waals surface area (Å²) < 4.78 is 37.7. The van der Waals surface area contributed by atoms with Gasteiger partial charge in [0.05, 0.1) is 12.2 Å². The smallest absolute Gasteiger partial charge is 0.454 e. The molecule has 38 heavy (non-hydrogen) atoms. The first-order chi connectivity index (χ1) is 18.1. The van der Waals surface area contributed by atoms with Gasteiger partial charge >= 0.3 is 19.5 Å². The van der Waals surface area contributed by atoms with E-state index in [4.69, 9.17) is 14.5 Å². The van der Waals surface area contributed by atoms with Crippen molar-refractivity contribution < 1.29 is 37.6 Å². The number of aromatic nitrogens is 2. The van der Waals surface area contributed by atoms with Gasteiger partial charge in [0.2, 0.25) is 0 Å². The molecule has 1 fully saturated rings. The Kier molecular flexibility index (Phi) is 8.75. The zero-order valence-corrected chi connectivity index (χ0v) is 21.3. The molecular weight excluding hydrogens is 540 g/mol. The number of carbonyl (C=O) groups excluding carboxylic acids is 2. The number of benzene rings is 2. The third-order valence-corrected chi connectivity index (χ3v) is 7.70. The molecule has 0 bridgehead atoms. The molecule has 0 aliphatic carbocycles. The highest BCUT2D eigenvalue weighted by Crippen LogP contribution is 2.47. The largest absolute Gasteiger partial charge is 0.469 e. The highest BCUT2D eigenvalue weighted by Gasteiger charge is 2.48. The number of halogens is 1. The summed E-state index contributed by atoms with van der Waals surface area (Å²) in [5.74, 6) is -1.30. The van der Waals surface area contributed by atoms with E-state index in [2.05, 4.69) is 14.8 Å². The first kappa shape index (κ1) is 27.7. The number of esters is 1. The van der Waals surface area contributed by atoms with Gasteiger partial charge in [-0.2, -0.15) is 4.98 Å². The van der Waals surface area contributed by atoms with Crippen LogP contribution in [0.1, 0.15) is 32.5 Å². The summed E-state index contributed by atoms with van der Waals surface area (Å²) in [5, 5.41) is 0.551. The maximum atomic E-state index is 15.7. The van der Waals surface area contributed by atoms with E-state index in [0.29, 0.717) is 5.56 Å². The van der Waals surface area contributed by atoms with Crippen molar-refractivity contribution in [2.24, 2.45) is 0 Å². The predicted molar refractivity (Wildman–Crippen MR) is 136 cm³/mol. The molecule has 4 rings (SSSR count). The van der Waals surface area contributed by atoms with Crippen LogP contribution in [0.25, 0.3) is 0 Å². The number of nitrogens with one attached hydrogen (secondary N) is 1. The Balaban J connectivity index is 1.52. The maximum Gasteiger partial charge on any atom is 0.469 e. The minimum Gasteiger partial charge on any atom is -0.454 e. The Bertz CT molecular complexity index is 1390. The van der Waals surface area contributed by atoms with Crippen LogP contribution in [0, 0.1) is 0 Å². The predicted octanol–water partition coefficient (Wildman–Crippen LogP) is 3.17. The minimum atomic E-state index is -4.76. The van der Waals surface area contributed by atoms with Crippen molar-refractivity contribution in [3.63, 3.8) is 0 Å². The van der Waals surface area contributed by atoms with Gasteiger partial charge in [0, 0.05) is 17.0 Å². The van der Waals surface area contributed by atoms with Gasteiger partial charge in [0.15, 0.2) is 6.17 Å². The molecular formula is C24H23FN3O8PS. The average Bonchev–Trinajstić information content (AvgIpc) is 3.19. The molecule has 0 spiro atoms. The lowest BCUT2D eigenvalue weighted by molar-refractivity contribution is 0.00445. The van der Waals surface area contributed by atoms with Crippen LogP contribution in [0.3, 0.4) is 0 Å². The normalized spacial score (nSPS) is 21.1. The van der Waals surface area contributed by atoms with Crippen LogP contribution in [0.5, 0.6) is 0 Å². The van der Waals surface area contributed by atoms with E-state index < -0.39 is 54.9 Å². The Morgan fingerprint density at radius 3 is 2.29 bits per heavy atom. The van der Waals surface area contributed by atoms with Crippen LogP contribution in [0.2, 0.25) is 0 Å². The molecule has 1 aromatic heterocycles. The van der Waals surface area contributed by atoms with Gasteiger partial charge in [0.1, 0.15) is 17.3 Å².